The molecule has 0 aromatic heterocycles. The van der Waals surface area contributed by atoms with Crippen LogP contribution in [0.1, 0.15) is 6.92 Å². The fourth-order valence-corrected chi connectivity index (χ4v) is 1.12. The second-order valence-electron chi connectivity index (χ2n) is 3.02. The molecule has 0 aliphatic heterocycles. The van der Waals surface area contributed by atoms with E-state index in [0.29, 0.717) is 5.02 Å². The van der Waals surface area contributed by atoms with Crippen LogP contribution in [-0.4, -0.2) is 25.7 Å². The van der Waals surface area contributed by atoms with Crippen molar-refractivity contribution in [2.75, 3.05) is 6.61 Å². The van der Waals surface area contributed by atoms with Crippen LogP contribution in [-0.2, 0) is 0 Å². The summed E-state index contributed by atoms with van der Waals surface area (Å²) in [6.07, 6.45) is -0.197. The molecule has 0 fully saturated rings. The molecule has 1 rings (SSSR count). The maximum atomic E-state index is 8.80. The van der Waals surface area contributed by atoms with Crippen LogP contribution in [0.5, 0.6) is 5.75 Å². The molecule has 70 valence electrons. The standard InChI is InChI=1S/C9H12BClO2/c1-6(5-12)13-9-4-7(11)2-3-8(9)10/h2-4,6,12H,5,10H2,1H3/t6-/m1/s1. The van der Waals surface area contributed by atoms with Gasteiger partial charge in [0.2, 0.25) is 0 Å². The average molecular weight is 198 g/mol. The van der Waals surface area contributed by atoms with Crippen molar-refractivity contribution in [3.05, 3.63) is 23.2 Å². The van der Waals surface area contributed by atoms with Crippen LogP contribution in [0.4, 0.5) is 0 Å². The van der Waals surface area contributed by atoms with Gasteiger partial charge in [0, 0.05) is 5.02 Å². The second-order valence-corrected chi connectivity index (χ2v) is 3.46. The smallest absolute Gasteiger partial charge is 0.144 e. The fraction of sp³-hybridized carbons (Fsp3) is 0.333. The van der Waals surface area contributed by atoms with E-state index >= 15 is 0 Å². The molecule has 0 unspecified atom stereocenters. The lowest BCUT2D eigenvalue weighted by atomic mass is 9.95. The van der Waals surface area contributed by atoms with Gasteiger partial charge in [-0.15, -0.1) is 0 Å². The van der Waals surface area contributed by atoms with Crippen molar-refractivity contribution in [1.29, 1.82) is 0 Å². The van der Waals surface area contributed by atoms with E-state index in [1.807, 2.05) is 20.0 Å². The average Bonchev–Trinajstić information content (AvgIpc) is 2.11. The Balaban J connectivity index is 2.81. The predicted octanol–water partition coefficient (Wildman–Crippen LogP) is 0.358. The normalized spacial score (nSPS) is 12.5. The minimum Gasteiger partial charge on any atom is -0.489 e. The van der Waals surface area contributed by atoms with E-state index in [-0.39, 0.29) is 12.7 Å². The zero-order valence-electron chi connectivity index (χ0n) is 7.75. The van der Waals surface area contributed by atoms with E-state index < -0.39 is 0 Å². The van der Waals surface area contributed by atoms with Crippen LogP contribution in [0.15, 0.2) is 18.2 Å². The van der Waals surface area contributed by atoms with E-state index in [9.17, 15) is 0 Å². The van der Waals surface area contributed by atoms with Crippen LogP contribution >= 0.6 is 11.6 Å². The van der Waals surface area contributed by atoms with E-state index in [4.69, 9.17) is 21.4 Å². The number of aliphatic hydroxyl groups excluding tert-OH is 1. The molecule has 0 spiro atoms. The molecular weight excluding hydrogens is 186 g/mol. The summed E-state index contributed by atoms with van der Waals surface area (Å²) >= 11 is 5.80. The van der Waals surface area contributed by atoms with Crippen LogP contribution in [0, 0.1) is 0 Å². The quantitative estimate of drug-likeness (QED) is 0.711. The molecule has 0 aliphatic rings. The lowest BCUT2D eigenvalue weighted by Gasteiger charge is -2.14. The van der Waals surface area contributed by atoms with E-state index in [2.05, 4.69) is 0 Å². The molecule has 1 atom stereocenters. The molecular formula is C9H12BClO2. The summed E-state index contributed by atoms with van der Waals surface area (Å²) < 4.78 is 5.44. The summed E-state index contributed by atoms with van der Waals surface area (Å²) in [4.78, 5) is 0. The van der Waals surface area contributed by atoms with Crippen molar-refractivity contribution in [2.45, 2.75) is 13.0 Å². The van der Waals surface area contributed by atoms with Crippen molar-refractivity contribution in [1.82, 2.24) is 0 Å². The van der Waals surface area contributed by atoms with Crippen molar-refractivity contribution in [3.8, 4) is 5.75 Å². The molecule has 0 saturated heterocycles. The fourth-order valence-electron chi connectivity index (χ4n) is 0.955. The highest BCUT2D eigenvalue weighted by Crippen LogP contribution is 2.15. The number of rotatable bonds is 3. The van der Waals surface area contributed by atoms with Gasteiger partial charge in [-0.05, 0) is 24.5 Å². The summed E-state index contributed by atoms with van der Waals surface area (Å²) in [5.74, 6) is 0.731. The SMILES string of the molecule is Bc1ccc(Cl)cc1O[C@H](C)CO. The molecule has 0 bridgehead atoms. The summed E-state index contributed by atoms with van der Waals surface area (Å²) in [6.45, 7) is 1.81. The van der Waals surface area contributed by atoms with Crippen molar-refractivity contribution >= 4 is 24.9 Å². The van der Waals surface area contributed by atoms with Crippen LogP contribution in [0.3, 0.4) is 0 Å². The molecule has 13 heavy (non-hydrogen) atoms. The first-order chi connectivity index (χ1) is 6.13. The number of ether oxygens (including phenoxy) is 1. The molecule has 0 amide bonds. The zero-order chi connectivity index (χ0) is 9.84. The molecule has 0 radical (unpaired) electrons. The molecule has 1 aromatic rings. The number of hydrogen-bond acceptors (Lipinski definition) is 2. The Morgan fingerprint density at radius 2 is 2.31 bits per heavy atom. The minimum absolute atomic E-state index is 0.00591. The predicted molar refractivity (Wildman–Crippen MR) is 56.8 cm³/mol. The Bertz CT molecular complexity index is 291. The van der Waals surface area contributed by atoms with Crippen molar-refractivity contribution in [2.24, 2.45) is 0 Å². The maximum absolute atomic E-state index is 8.80. The first-order valence-corrected chi connectivity index (χ1v) is 4.55. The topological polar surface area (TPSA) is 29.5 Å². The Morgan fingerprint density at radius 3 is 2.92 bits per heavy atom. The third-order valence-corrected chi connectivity index (χ3v) is 1.97. The Labute approximate surface area is 83.9 Å². The van der Waals surface area contributed by atoms with Crippen LogP contribution < -0.4 is 10.2 Å². The van der Waals surface area contributed by atoms with E-state index in [1.165, 1.54) is 0 Å². The monoisotopic (exact) mass is 198 g/mol. The van der Waals surface area contributed by atoms with Gasteiger partial charge in [-0.2, -0.15) is 0 Å². The number of hydrogen-bond donors (Lipinski definition) is 1. The molecule has 1 aromatic carbocycles. The number of aliphatic hydroxyl groups is 1. The molecule has 0 saturated carbocycles. The third kappa shape index (κ3) is 2.94. The summed E-state index contributed by atoms with van der Waals surface area (Å²) in [5, 5.41) is 9.44. The first kappa shape index (κ1) is 10.4. The number of halogens is 1. The second kappa shape index (κ2) is 4.54. The van der Waals surface area contributed by atoms with E-state index in [1.54, 1.807) is 13.0 Å². The maximum Gasteiger partial charge on any atom is 0.144 e. The Morgan fingerprint density at radius 1 is 1.62 bits per heavy atom. The highest BCUT2D eigenvalue weighted by Gasteiger charge is 2.04. The van der Waals surface area contributed by atoms with Crippen LogP contribution in [0.25, 0.3) is 0 Å². The third-order valence-electron chi connectivity index (χ3n) is 1.74. The highest BCUT2D eigenvalue weighted by molar-refractivity contribution is 6.36. The van der Waals surface area contributed by atoms with Gasteiger partial charge in [0.05, 0.1) is 6.61 Å². The summed E-state index contributed by atoms with van der Waals surface area (Å²) in [7, 11) is 1.94. The van der Waals surface area contributed by atoms with Gasteiger partial charge in [0.15, 0.2) is 0 Å². The lowest BCUT2D eigenvalue weighted by molar-refractivity contribution is 0.131. The van der Waals surface area contributed by atoms with Crippen molar-refractivity contribution < 1.29 is 9.84 Å². The van der Waals surface area contributed by atoms with Gasteiger partial charge in [-0.1, -0.05) is 17.7 Å². The first-order valence-electron chi connectivity index (χ1n) is 4.17. The van der Waals surface area contributed by atoms with Gasteiger partial charge in [-0.25, -0.2) is 0 Å². The minimum atomic E-state index is -0.197. The van der Waals surface area contributed by atoms with Gasteiger partial charge < -0.3 is 9.84 Å². The van der Waals surface area contributed by atoms with Crippen LogP contribution in [0.2, 0.25) is 5.02 Å². The molecule has 0 heterocycles. The highest BCUT2D eigenvalue weighted by atomic mass is 35.5. The molecule has 2 nitrogen and oxygen atoms in total. The van der Waals surface area contributed by atoms with E-state index in [0.717, 1.165) is 11.2 Å². The lowest BCUT2D eigenvalue weighted by Crippen LogP contribution is -2.20. The Kier molecular flexibility index (Phi) is 3.64. The number of benzene rings is 1. The largest absolute Gasteiger partial charge is 0.489 e. The molecule has 1 N–H and O–H groups in total. The van der Waals surface area contributed by atoms with Gasteiger partial charge >= 0.3 is 0 Å². The van der Waals surface area contributed by atoms with Gasteiger partial charge in [-0.3, -0.25) is 0 Å². The van der Waals surface area contributed by atoms with Crippen molar-refractivity contribution in [3.63, 3.8) is 0 Å². The van der Waals surface area contributed by atoms with Gasteiger partial charge in [0.25, 0.3) is 0 Å². The summed E-state index contributed by atoms with van der Waals surface area (Å²) in [5.41, 5.74) is 1.02. The summed E-state index contributed by atoms with van der Waals surface area (Å²) in [6, 6.07) is 5.46. The zero-order valence-corrected chi connectivity index (χ0v) is 8.51. The van der Waals surface area contributed by atoms with Gasteiger partial charge in [0.1, 0.15) is 19.7 Å². The molecule has 0 aliphatic carbocycles. The molecule has 4 heteroatoms. The Hall–Kier alpha value is -0.665.